The van der Waals surface area contributed by atoms with Gasteiger partial charge in [-0.25, -0.2) is 4.39 Å². The molecule has 1 N–H and O–H groups in total. The quantitative estimate of drug-likeness (QED) is 0.764. The van der Waals surface area contributed by atoms with Crippen LogP contribution in [0.2, 0.25) is 5.02 Å². The lowest BCUT2D eigenvalue weighted by molar-refractivity contribution is 0.0212. The summed E-state index contributed by atoms with van der Waals surface area (Å²) >= 11 is 6.31. The molecule has 4 nitrogen and oxygen atoms in total. The van der Waals surface area contributed by atoms with Crippen LogP contribution in [0.4, 0.5) is 4.39 Å². The lowest BCUT2D eigenvalue weighted by Gasteiger charge is -2.41. The van der Waals surface area contributed by atoms with Crippen LogP contribution in [0.5, 0.6) is 5.75 Å². The summed E-state index contributed by atoms with van der Waals surface area (Å²) in [5.41, 5.74) is 0.953. The molecular formula is C18H28Cl3FN2O2. The van der Waals surface area contributed by atoms with Gasteiger partial charge in [0.25, 0.3) is 0 Å². The fourth-order valence-electron chi connectivity index (χ4n) is 3.81. The predicted octanol–water partition coefficient (Wildman–Crippen LogP) is 4.09. The maximum Gasteiger partial charge on any atom is 0.173 e. The number of piperazine rings is 1. The second kappa shape index (κ2) is 11.5. The zero-order chi connectivity index (χ0) is 16.9. The first-order valence-corrected chi connectivity index (χ1v) is 9.22. The first kappa shape index (κ1) is 23.7. The van der Waals surface area contributed by atoms with Gasteiger partial charge in [0.1, 0.15) is 0 Å². The third-order valence-corrected chi connectivity index (χ3v) is 5.19. The highest BCUT2D eigenvalue weighted by Crippen LogP contribution is 2.39. The number of benzene rings is 1. The van der Waals surface area contributed by atoms with Crippen LogP contribution in [0, 0.1) is 11.7 Å². The minimum atomic E-state index is -0.369. The number of hydrogen-bond donors (Lipinski definition) is 1. The normalized spacial score (nSPS) is 20.0. The van der Waals surface area contributed by atoms with Crippen molar-refractivity contribution in [2.75, 3.05) is 46.0 Å². The van der Waals surface area contributed by atoms with Gasteiger partial charge in [-0.05, 0) is 43.4 Å². The van der Waals surface area contributed by atoms with Crippen molar-refractivity contribution in [2.24, 2.45) is 5.92 Å². The van der Waals surface area contributed by atoms with Gasteiger partial charge in [0, 0.05) is 45.4 Å². The van der Waals surface area contributed by atoms with Crippen LogP contribution in [0.15, 0.2) is 12.1 Å². The molecule has 8 heteroatoms. The third kappa shape index (κ3) is 5.60. The molecule has 0 amide bonds. The molecule has 1 atom stereocenters. The average molecular weight is 430 g/mol. The van der Waals surface area contributed by atoms with Crippen molar-refractivity contribution in [1.82, 2.24) is 10.2 Å². The first-order valence-electron chi connectivity index (χ1n) is 8.85. The Labute approximate surface area is 172 Å². The Bertz CT molecular complexity index is 512. The number of ether oxygens (including phenoxy) is 2. The molecule has 1 aromatic carbocycles. The van der Waals surface area contributed by atoms with Crippen LogP contribution in [-0.2, 0) is 4.74 Å². The van der Waals surface area contributed by atoms with Gasteiger partial charge < -0.3 is 14.8 Å². The molecule has 0 aliphatic carbocycles. The van der Waals surface area contributed by atoms with Crippen LogP contribution in [0.3, 0.4) is 0 Å². The van der Waals surface area contributed by atoms with Crippen molar-refractivity contribution in [2.45, 2.75) is 25.8 Å². The Morgan fingerprint density at radius 2 is 1.92 bits per heavy atom. The summed E-state index contributed by atoms with van der Waals surface area (Å²) in [6.07, 6.45) is 2.00. The molecule has 150 valence electrons. The SMILES string of the molecule is CCOc1c(F)cc([C@@H](C2CCOCC2)N2CCNCC2)cc1Cl.Cl.Cl. The molecule has 2 heterocycles. The summed E-state index contributed by atoms with van der Waals surface area (Å²) in [4.78, 5) is 2.46. The summed E-state index contributed by atoms with van der Waals surface area (Å²) in [6, 6.07) is 3.68. The van der Waals surface area contributed by atoms with Gasteiger partial charge in [-0.1, -0.05) is 11.6 Å². The standard InChI is InChI=1S/C18H26ClFN2O2.2ClH/c1-2-24-18-15(19)11-14(12-16(18)20)17(13-3-9-23-10-4-13)22-7-5-21-6-8-22;;/h11-13,17,21H,2-10H2,1H3;2*1H/t17-;;/m1../s1. The molecule has 0 radical (unpaired) electrons. The fraction of sp³-hybridized carbons (Fsp3) is 0.667. The fourth-order valence-corrected chi connectivity index (χ4v) is 4.08. The Balaban J connectivity index is 0.00000169. The monoisotopic (exact) mass is 428 g/mol. The van der Waals surface area contributed by atoms with Crippen molar-refractivity contribution >= 4 is 36.4 Å². The maximum atomic E-state index is 14.5. The lowest BCUT2D eigenvalue weighted by atomic mass is 9.85. The summed E-state index contributed by atoms with van der Waals surface area (Å²) < 4.78 is 25.4. The molecule has 2 aliphatic heterocycles. The van der Waals surface area contributed by atoms with E-state index in [0.717, 1.165) is 57.8 Å². The highest BCUT2D eigenvalue weighted by molar-refractivity contribution is 6.32. The summed E-state index contributed by atoms with van der Waals surface area (Å²) in [7, 11) is 0. The smallest absolute Gasteiger partial charge is 0.173 e. The zero-order valence-corrected chi connectivity index (χ0v) is 17.4. The van der Waals surface area contributed by atoms with Gasteiger partial charge in [0.15, 0.2) is 11.6 Å². The molecule has 0 spiro atoms. The maximum absolute atomic E-state index is 14.5. The molecule has 0 aromatic heterocycles. The van der Waals surface area contributed by atoms with E-state index < -0.39 is 0 Å². The number of hydrogen-bond acceptors (Lipinski definition) is 4. The van der Waals surface area contributed by atoms with Crippen LogP contribution in [0.25, 0.3) is 0 Å². The minimum Gasteiger partial charge on any atom is -0.489 e. The molecule has 2 fully saturated rings. The van der Waals surface area contributed by atoms with E-state index in [2.05, 4.69) is 10.2 Å². The van der Waals surface area contributed by atoms with E-state index in [0.29, 0.717) is 17.5 Å². The number of halogens is 4. The number of rotatable bonds is 5. The van der Waals surface area contributed by atoms with Gasteiger partial charge in [0.05, 0.1) is 11.6 Å². The first-order chi connectivity index (χ1) is 11.7. The largest absolute Gasteiger partial charge is 0.489 e. The van der Waals surface area contributed by atoms with E-state index in [1.165, 1.54) is 0 Å². The van der Waals surface area contributed by atoms with E-state index in [1.807, 2.05) is 13.0 Å². The van der Waals surface area contributed by atoms with E-state index in [4.69, 9.17) is 21.1 Å². The van der Waals surface area contributed by atoms with Gasteiger partial charge in [-0.2, -0.15) is 0 Å². The average Bonchev–Trinajstić information content (AvgIpc) is 2.60. The second-order valence-electron chi connectivity index (χ2n) is 6.43. The Kier molecular flexibility index (Phi) is 10.5. The number of nitrogens with one attached hydrogen (secondary N) is 1. The van der Waals surface area contributed by atoms with Crippen molar-refractivity contribution in [3.8, 4) is 5.75 Å². The van der Waals surface area contributed by atoms with E-state index >= 15 is 0 Å². The van der Waals surface area contributed by atoms with Crippen molar-refractivity contribution in [3.63, 3.8) is 0 Å². The Morgan fingerprint density at radius 3 is 2.50 bits per heavy atom. The second-order valence-corrected chi connectivity index (χ2v) is 6.83. The van der Waals surface area contributed by atoms with Crippen LogP contribution < -0.4 is 10.1 Å². The molecule has 2 aliphatic rings. The molecule has 0 bridgehead atoms. The van der Waals surface area contributed by atoms with Crippen LogP contribution in [0.1, 0.15) is 31.4 Å². The number of nitrogens with zero attached hydrogens (tertiary/aromatic N) is 1. The van der Waals surface area contributed by atoms with E-state index in [-0.39, 0.29) is 42.4 Å². The highest BCUT2D eigenvalue weighted by atomic mass is 35.5. The topological polar surface area (TPSA) is 33.7 Å². The molecular weight excluding hydrogens is 402 g/mol. The van der Waals surface area contributed by atoms with Crippen molar-refractivity contribution in [3.05, 3.63) is 28.5 Å². The van der Waals surface area contributed by atoms with Crippen molar-refractivity contribution in [1.29, 1.82) is 0 Å². The molecule has 0 saturated carbocycles. The van der Waals surface area contributed by atoms with E-state index in [9.17, 15) is 4.39 Å². The van der Waals surface area contributed by atoms with Crippen LogP contribution in [-0.4, -0.2) is 50.9 Å². The minimum absolute atomic E-state index is 0. The van der Waals surface area contributed by atoms with Gasteiger partial charge in [-0.3, -0.25) is 4.90 Å². The Hall–Kier alpha value is -0.300. The van der Waals surface area contributed by atoms with Crippen LogP contribution >= 0.6 is 36.4 Å². The van der Waals surface area contributed by atoms with Gasteiger partial charge in [-0.15, -0.1) is 24.8 Å². The van der Waals surface area contributed by atoms with E-state index in [1.54, 1.807) is 6.07 Å². The summed E-state index contributed by atoms with van der Waals surface area (Å²) in [5, 5.41) is 3.75. The Morgan fingerprint density at radius 1 is 1.27 bits per heavy atom. The molecule has 0 unspecified atom stereocenters. The lowest BCUT2D eigenvalue weighted by Crippen LogP contribution is -2.47. The zero-order valence-electron chi connectivity index (χ0n) is 15.0. The molecule has 3 rings (SSSR count). The van der Waals surface area contributed by atoms with Gasteiger partial charge >= 0.3 is 0 Å². The molecule has 26 heavy (non-hydrogen) atoms. The van der Waals surface area contributed by atoms with Gasteiger partial charge in [0.2, 0.25) is 0 Å². The molecule has 2 saturated heterocycles. The predicted molar refractivity (Wildman–Crippen MR) is 108 cm³/mol. The summed E-state index contributed by atoms with van der Waals surface area (Å²) in [6.45, 7) is 7.65. The van der Waals surface area contributed by atoms with Crippen molar-refractivity contribution < 1.29 is 13.9 Å². The molecule has 1 aromatic rings. The summed E-state index contributed by atoms with van der Waals surface area (Å²) in [5.74, 6) is 0.255. The highest BCUT2D eigenvalue weighted by Gasteiger charge is 2.32. The third-order valence-electron chi connectivity index (χ3n) is 4.91.